The maximum Gasteiger partial charge on any atom is 0.252 e. The largest absolute Gasteiger partial charge is 0.501 e. The minimum Gasteiger partial charge on any atom is -0.501 e. The number of benzene rings is 1. The maximum absolute atomic E-state index is 12.6. The van der Waals surface area contributed by atoms with Crippen LogP contribution < -0.4 is 19.9 Å². The van der Waals surface area contributed by atoms with Gasteiger partial charge in [-0.2, -0.15) is 0 Å². The molecule has 2 unspecified atom stereocenters. The van der Waals surface area contributed by atoms with Crippen LogP contribution in [0.5, 0.6) is 5.75 Å². The Bertz CT molecular complexity index is 649. The molecule has 0 aliphatic carbocycles. The normalized spacial score (nSPS) is 13.6. The summed E-state index contributed by atoms with van der Waals surface area (Å²) >= 11 is 0.778. The molecule has 1 aromatic rings. The first kappa shape index (κ1) is 23.1. The SMILES string of the molecule is C=CC(C)NC(C(=O)NSN)c1cc(/C=C(/CCC)OC)cc(OCC)c1. The van der Waals surface area contributed by atoms with Crippen LogP contribution in [0.4, 0.5) is 0 Å². The number of hydrogen-bond donors (Lipinski definition) is 3. The molecule has 0 aromatic heterocycles. The van der Waals surface area contributed by atoms with Crippen molar-refractivity contribution in [1.29, 1.82) is 0 Å². The van der Waals surface area contributed by atoms with Crippen LogP contribution in [0, 0.1) is 0 Å². The lowest BCUT2D eigenvalue weighted by Crippen LogP contribution is -2.39. The fraction of sp³-hybridized carbons (Fsp3) is 0.450. The molecule has 27 heavy (non-hydrogen) atoms. The van der Waals surface area contributed by atoms with Gasteiger partial charge in [0.2, 0.25) is 0 Å². The van der Waals surface area contributed by atoms with Gasteiger partial charge in [0.05, 0.1) is 19.5 Å². The molecule has 1 aromatic carbocycles. The van der Waals surface area contributed by atoms with Crippen LogP contribution in [0.1, 0.15) is 50.8 Å². The summed E-state index contributed by atoms with van der Waals surface area (Å²) in [4.78, 5) is 12.6. The molecule has 0 heterocycles. The molecular formula is C20H31N3O3S. The van der Waals surface area contributed by atoms with Crippen LogP contribution in [-0.2, 0) is 9.53 Å². The zero-order valence-electron chi connectivity index (χ0n) is 16.6. The van der Waals surface area contributed by atoms with Gasteiger partial charge in [-0.05, 0) is 55.7 Å². The standard InChI is InChI=1S/C20H31N3O3S/c1-6-9-17(25-5)11-15-10-16(13-18(12-15)26-8-3)19(20(24)23-27-21)22-14(4)7-2/h7,10-14,19,22H,2,6,8-9,21H2,1,3-5H3,(H,23,24)/b17-11-. The van der Waals surface area contributed by atoms with E-state index in [0.717, 1.165) is 41.9 Å². The van der Waals surface area contributed by atoms with Crippen molar-refractivity contribution in [2.45, 2.75) is 45.7 Å². The third-order valence-electron chi connectivity index (χ3n) is 3.89. The third kappa shape index (κ3) is 7.66. The van der Waals surface area contributed by atoms with E-state index >= 15 is 0 Å². The Morgan fingerprint density at radius 2 is 2.11 bits per heavy atom. The van der Waals surface area contributed by atoms with Gasteiger partial charge in [0, 0.05) is 24.6 Å². The van der Waals surface area contributed by atoms with Crippen LogP contribution in [0.3, 0.4) is 0 Å². The lowest BCUT2D eigenvalue weighted by molar-refractivity contribution is -0.121. The maximum atomic E-state index is 12.6. The summed E-state index contributed by atoms with van der Waals surface area (Å²) in [5.74, 6) is 1.34. The Morgan fingerprint density at radius 3 is 2.67 bits per heavy atom. The van der Waals surface area contributed by atoms with Crippen LogP contribution in [-0.4, -0.2) is 25.7 Å². The Labute approximate surface area is 166 Å². The van der Waals surface area contributed by atoms with Gasteiger partial charge in [-0.15, -0.1) is 6.58 Å². The lowest BCUT2D eigenvalue weighted by Gasteiger charge is -2.22. The van der Waals surface area contributed by atoms with Gasteiger partial charge in [-0.1, -0.05) is 13.0 Å². The molecule has 4 N–H and O–H groups in total. The number of ether oxygens (including phenoxy) is 2. The average Bonchev–Trinajstić information content (AvgIpc) is 2.65. The number of nitrogens with two attached hydrogens (primary N) is 1. The van der Waals surface area contributed by atoms with Crippen molar-refractivity contribution in [3.05, 3.63) is 47.7 Å². The molecule has 0 saturated heterocycles. The van der Waals surface area contributed by atoms with Crippen molar-refractivity contribution < 1.29 is 14.3 Å². The van der Waals surface area contributed by atoms with E-state index in [1.54, 1.807) is 13.2 Å². The highest BCUT2D eigenvalue weighted by atomic mass is 32.2. The highest BCUT2D eigenvalue weighted by Gasteiger charge is 2.22. The molecule has 6 nitrogen and oxygen atoms in total. The smallest absolute Gasteiger partial charge is 0.252 e. The predicted molar refractivity (Wildman–Crippen MR) is 113 cm³/mol. The van der Waals surface area contributed by atoms with Crippen molar-refractivity contribution in [3.63, 3.8) is 0 Å². The molecule has 2 atom stereocenters. The zero-order valence-corrected chi connectivity index (χ0v) is 17.4. The summed E-state index contributed by atoms with van der Waals surface area (Å²) in [6.45, 7) is 10.3. The number of carbonyl (C=O) groups excluding carboxylic acids is 1. The second kappa shape index (κ2) is 12.4. The molecule has 0 aliphatic rings. The van der Waals surface area contributed by atoms with E-state index in [2.05, 4.69) is 23.5 Å². The fourth-order valence-electron chi connectivity index (χ4n) is 2.58. The summed E-state index contributed by atoms with van der Waals surface area (Å²) in [7, 11) is 1.66. The summed E-state index contributed by atoms with van der Waals surface area (Å²) < 4.78 is 13.8. The number of amides is 1. The lowest BCUT2D eigenvalue weighted by atomic mass is 10.0. The van der Waals surface area contributed by atoms with Crippen molar-refractivity contribution >= 4 is 24.1 Å². The number of hydrogen-bond acceptors (Lipinski definition) is 6. The van der Waals surface area contributed by atoms with Gasteiger partial charge in [0.1, 0.15) is 11.8 Å². The second-order valence-electron chi connectivity index (χ2n) is 6.04. The topological polar surface area (TPSA) is 85.6 Å². The highest BCUT2D eigenvalue weighted by molar-refractivity contribution is 7.95. The molecule has 0 radical (unpaired) electrons. The monoisotopic (exact) mass is 393 g/mol. The van der Waals surface area contributed by atoms with Crippen LogP contribution in [0.15, 0.2) is 36.6 Å². The summed E-state index contributed by atoms with van der Waals surface area (Å²) in [5.41, 5.74) is 1.69. The fourth-order valence-corrected chi connectivity index (χ4v) is 2.82. The van der Waals surface area contributed by atoms with E-state index in [-0.39, 0.29) is 11.9 Å². The van der Waals surface area contributed by atoms with Crippen LogP contribution in [0.25, 0.3) is 6.08 Å². The minimum atomic E-state index is -0.598. The number of nitrogens with one attached hydrogen (secondary N) is 2. The molecule has 0 saturated carbocycles. The minimum absolute atomic E-state index is 0.0621. The number of carbonyl (C=O) groups is 1. The molecule has 1 rings (SSSR count). The Morgan fingerprint density at radius 1 is 1.37 bits per heavy atom. The zero-order chi connectivity index (χ0) is 20.2. The van der Waals surface area contributed by atoms with E-state index in [4.69, 9.17) is 14.6 Å². The molecule has 7 heteroatoms. The number of methoxy groups -OCH3 is 1. The molecule has 1 amide bonds. The van der Waals surface area contributed by atoms with Crippen molar-refractivity contribution in [3.8, 4) is 5.75 Å². The van der Waals surface area contributed by atoms with Crippen LogP contribution >= 0.6 is 12.1 Å². The van der Waals surface area contributed by atoms with Crippen LogP contribution in [0.2, 0.25) is 0 Å². The molecule has 150 valence electrons. The van der Waals surface area contributed by atoms with Gasteiger partial charge in [0.15, 0.2) is 0 Å². The van der Waals surface area contributed by atoms with E-state index in [9.17, 15) is 4.79 Å². The molecular weight excluding hydrogens is 362 g/mol. The number of allylic oxidation sites excluding steroid dienone is 1. The quantitative estimate of drug-likeness (QED) is 0.285. The average molecular weight is 394 g/mol. The van der Waals surface area contributed by atoms with Gasteiger partial charge < -0.3 is 9.47 Å². The summed E-state index contributed by atoms with van der Waals surface area (Å²) in [6, 6.07) is 5.09. The van der Waals surface area contributed by atoms with Crippen molar-refractivity contribution in [2.75, 3.05) is 13.7 Å². The van der Waals surface area contributed by atoms with Gasteiger partial charge in [0.25, 0.3) is 5.91 Å². The predicted octanol–water partition coefficient (Wildman–Crippen LogP) is 3.72. The Balaban J connectivity index is 3.37. The highest BCUT2D eigenvalue weighted by Crippen LogP contribution is 2.26. The summed E-state index contributed by atoms with van der Waals surface area (Å²) in [6.07, 6.45) is 5.53. The first-order chi connectivity index (χ1) is 13.0. The second-order valence-corrected chi connectivity index (χ2v) is 6.48. The number of rotatable bonds is 12. The first-order valence-corrected chi connectivity index (χ1v) is 9.93. The van der Waals surface area contributed by atoms with Crippen molar-refractivity contribution in [1.82, 2.24) is 10.0 Å². The molecule has 0 fully saturated rings. The van der Waals surface area contributed by atoms with Gasteiger partial charge in [-0.3, -0.25) is 20.0 Å². The molecule has 0 aliphatic heterocycles. The Hall–Kier alpha value is -1.96. The van der Waals surface area contributed by atoms with E-state index in [1.807, 2.05) is 38.1 Å². The van der Waals surface area contributed by atoms with Crippen molar-refractivity contribution in [2.24, 2.45) is 5.14 Å². The third-order valence-corrected chi connectivity index (χ3v) is 4.21. The van der Waals surface area contributed by atoms with E-state index in [1.165, 1.54) is 0 Å². The Kier molecular flexibility index (Phi) is 10.6. The van der Waals surface area contributed by atoms with E-state index < -0.39 is 6.04 Å². The molecule has 0 spiro atoms. The van der Waals surface area contributed by atoms with Gasteiger partial charge >= 0.3 is 0 Å². The van der Waals surface area contributed by atoms with E-state index in [0.29, 0.717) is 12.4 Å². The summed E-state index contributed by atoms with van der Waals surface area (Å²) in [5, 5.41) is 8.67. The van der Waals surface area contributed by atoms with Gasteiger partial charge in [-0.25, -0.2) is 0 Å². The molecule has 0 bridgehead atoms. The first-order valence-electron chi connectivity index (χ1n) is 9.05.